The molecule has 0 unspecified atom stereocenters. The molecule has 1 heterocycles. The van der Waals surface area contributed by atoms with Crippen LogP contribution in [0.25, 0.3) is 0 Å². The second kappa shape index (κ2) is 6.79. The molecule has 2 aromatic carbocycles. The summed E-state index contributed by atoms with van der Waals surface area (Å²) in [4.78, 5) is 17.4. The van der Waals surface area contributed by atoms with Gasteiger partial charge in [0.2, 0.25) is 5.91 Å². The zero-order valence-corrected chi connectivity index (χ0v) is 16.0. The molecule has 0 aromatic heterocycles. The minimum absolute atomic E-state index is 0.198. The maximum Gasteiger partial charge on any atom is 0.226 e. The number of nitrogens with zero attached hydrogens (tertiary/aromatic N) is 2. The van der Waals surface area contributed by atoms with E-state index in [2.05, 4.69) is 73.0 Å². The van der Waals surface area contributed by atoms with Crippen LogP contribution in [0, 0.1) is 26.7 Å². The average molecular weight is 348 g/mol. The first-order chi connectivity index (χ1) is 12.5. The third-order valence-corrected chi connectivity index (χ3v) is 5.87. The van der Waals surface area contributed by atoms with E-state index in [1.807, 2.05) is 0 Å². The molecule has 0 spiro atoms. The Kier molecular flexibility index (Phi) is 4.47. The molecule has 1 aliphatic heterocycles. The van der Waals surface area contributed by atoms with Crippen LogP contribution in [0.5, 0.6) is 0 Å². The van der Waals surface area contributed by atoms with Crippen LogP contribution in [0.3, 0.4) is 0 Å². The second-order valence-electron chi connectivity index (χ2n) is 7.97. The van der Waals surface area contributed by atoms with Crippen LogP contribution in [0.1, 0.15) is 34.6 Å². The van der Waals surface area contributed by atoms with Crippen molar-refractivity contribution in [3.63, 3.8) is 0 Å². The largest absolute Gasteiger partial charge is 0.368 e. The third-order valence-electron chi connectivity index (χ3n) is 5.87. The maximum atomic E-state index is 12.9. The Morgan fingerprint density at radius 3 is 2.38 bits per heavy atom. The molecule has 2 fully saturated rings. The highest BCUT2D eigenvalue weighted by Crippen LogP contribution is 2.48. The van der Waals surface area contributed by atoms with Crippen LogP contribution in [-0.2, 0) is 4.79 Å². The fraction of sp³-hybridized carbons (Fsp3) is 0.435. The van der Waals surface area contributed by atoms with Gasteiger partial charge in [0.05, 0.1) is 0 Å². The van der Waals surface area contributed by atoms with Crippen LogP contribution in [0.4, 0.5) is 5.69 Å². The fourth-order valence-electron chi connectivity index (χ4n) is 4.20. The van der Waals surface area contributed by atoms with E-state index in [4.69, 9.17) is 0 Å². The topological polar surface area (TPSA) is 23.6 Å². The molecule has 136 valence electrons. The summed E-state index contributed by atoms with van der Waals surface area (Å²) in [6, 6.07) is 15.2. The van der Waals surface area contributed by atoms with Crippen molar-refractivity contribution in [2.24, 2.45) is 5.92 Å². The molecule has 4 rings (SSSR count). The van der Waals surface area contributed by atoms with Gasteiger partial charge < -0.3 is 9.80 Å². The number of piperazine rings is 1. The number of carbonyl (C=O) groups excluding carboxylic acids is 1. The monoisotopic (exact) mass is 348 g/mol. The zero-order chi connectivity index (χ0) is 18.3. The van der Waals surface area contributed by atoms with E-state index in [1.165, 1.54) is 27.9 Å². The van der Waals surface area contributed by atoms with Gasteiger partial charge in [0.25, 0.3) is 0 Å². The van der Waals surface area contributed by atoms with Crippen LogP contribution >= 0.6 is 0 Å². The van der Waals surface area contributed by atoms with Gasteiger partial charge in [-0.15, -0.1) is 0 Å². The van der Waals surface area contributed by atoms with Gasteiger partial charge in [-0.3, -0.25) is 4.79 Å². The first kappa shape index (κ1) is 17.1. The Bertz CT molecular complexity index is 821. The van der Waals surface area contributed by atoms with Crippen molar-refractivity contribution in [1.29, 1.82) is 0 Å². The molecular weight excluding hydrogens is 320 g/mol. The van der Waals surface area contributed by atoms with E-state index in [0.717, 1.165) is 32.6 Å². The highest BCUT2D eigenvalue weighted by atomic mass is 16.2. The minimum atomic E-state index is 0.198. The highest BCUT2D eigenvalue weighted by molar-refractivity contribution is 5.83. The summed E-state index contributed by atoms with van der Waals surface area (Å²) in [5.74, 6) is 0.987. The van der Waals surface area contributed by atoms with E-state index in [9.17, 15) is 4.79 Å². The van der Waals surface area contributed by atoms with Crippen LogP contribution in [0.2, 0.25) is 0 Å². The van der Waals surface area contributed by atoms with Crippen molar-refractivity contribution < 1.29 is 4.79 Å². The molecule has 1 saturated heterocycles. The van der Waals surface area contributed by atoms with Crippen molar-refractivity contribution in [1.82, 2.24) is 4.90 Å². The van der Waals surface area contributed by atoms with Gasteiger partial charge in [0, 0.05) is 37.8 Å². The summed E-state index contributed by atoms with van der Waals surface area (Å²) in [5, 5.41) is 0. The Hall–Kier alpha value is -2.29. The molecule has 2 aromatic rings. The Morgan fingerprint density at radius 1 is 0.923 bits per heavy atom. The summed E-state index contributed by atoms with van der Waals surface area (Å²) in [6.45, 7) is 9.96. The highest BCUT2D eigenvalue weighted by Gasteiger charge is 2.46. The van der Waals surface area contributed by atoms with E-state index < -0.39 is 0 Å². The van der Waals surface area contributed by atoms with Crippen LogP contribution in [0.15, 0.2) is 42.5 Å². The van der Waals surface area contributed by atoms with Crippen molar-refractivity contribution in [2.45, 2.75) is 33.1 Å². The zero-order valence-electron chi connectivity index (χ0n) is 16.0. The van der Waals surface area contributed by atoms with Crippen molar-refractivity contribution >= 4 is 11.6 Å². The van der Waals surface area contributed by atoms with Gasteiger partial charge >= 0.3 is 0 Å². The van der Waals surface area contributed by atoms with Gasteiger partial charge in [-0.1, -0.05) is 42.0 Å². The third kappa shape index (κ3) is 3.35. The quantitative estimate of drug-likeness (QED) is 0.835. The number of hydrogen-bond donors (Lipinski definition) is 0. The Balaban J connectivity index is 1.36. The lowest BCUT2D eigenvalue weighted by Crippen LogP contribution is -2.49. The van der Waals surface area contributed by atoms with Crippen LogP contribution in [-0.4, -0.2) is 37.0 Å². The smallest absolute Gasteiger partial charge is 0.226 e. The van der Waals surface area contributed by atoms with Gasteiger partial charge in [0.15, 0.2) is 0 Å². The average Bonchev–Trinajstić information content (AvgIpc) is 3.44. The van der Waals surface area contributed by atoms with Crippen molar-refractivity contribution in [3.05, 3.63) is 64.7 Å². The molecule has 1 aliphatic carbocycles. The summed E-state index contributed by atoms with van der Waals surface area (Å²) in [5.41, 5.74) is 6.54. The normalized spacial score (nSPS) is 22.4. The molecule has 0 N–H and O–H groups in total. The molecule has 2 aliphatic rings. The van der Waals surface area contributed by atoms with E-state index >= 15 is 0 Å². The summed E-state index contributed by atoms with van der Waals surface area (Å²) < 4.78 is 0. The molecule has 26 heavy (non-hydrogen) atoms. The number of aryl methyl sites for hydroxylation is 3. The number of rotatable bonds is 3. The van der Waals surface area contributed by atoms with E-state index in [-0.39, 0.29) is 5.92 Å². The first-order valence-corrected chi connectivity index (χ1v) is 9.70. The molecular formula is C23H28N2O. The Labute approximate surface area is 156 Å². The van der Waals surface area contributed by atoms with Gasteiger partial charge in [0.1, 0.15) is 0 Å². The van der Waals surface area contributed by atoms with Gasteiger partial charge in [-0.2, -0.15) is 0 Å². The number of hydrogen-bond acceptors (Lipinski definition) is 2. The predicted molar refractivity (Wildman–Crippen MR) is 107 cm³/mol. The maximum absolute atomic E-state index is 12.9. The van der Waals surface area contributed by atoms with E-state index in [1.54, 1.807) is 0 Å². The van der Waals surface area contributed by atoms with Gasteiger partial charge in [-0.05, 0) is 55.9 Å². The standard InChI is InChI=1S/C23H28N2O/c1-16-5-4-6-19(13-16)20-15-21(20)23(26)25-11-9-24(10-12-25)22-14-17(2)7-8-18(22)3/h4-8,13-14,20-21H,9-12,15H2,1-3H3/t20-,21-/m0/s1. The molecule has 2 atom stereocenters. The predicted octanol–water partition coefficient (Wildman–Crippen LogP) is 4.06. The van der Waals surface area contributed by atoms with Crippen molar-refractivity contribution in [3.8, 4) is 0 Å². The first-order valence-electron chi connectivity index (χ1n) is 9.70. The van der Waals surface area contributed by atoms with Gasteiger partial charge in [-0.25, -0.2) is 0 Å². The van der Waals surface area contributed by atoms with E-state index in [0.29, 0.717) is 11.8 Å². The van der Waals surface area contributed by atoms with Crippen molar-refractivity contribution in [2.75, 3.05) is 31.1 Å². The number of anilines is 1. The SMILES string of the molecule is Cc1cccc([C@@H]2C[C@@H]2C(=O)N2CCN(c3cc(C)ccc3C)CC2)c1. The minimum Gasteiger partial charge on any atom is -0.368 e. The Morgan fingerprint density at radius 2 is 1.65 bits per heavy atom. The lowest BCUT2D eigenvalue weighted by molar-refractivity contribution is -0.132. The molecule has 0 bridgehead atoms. The molecule has 1 amide bonds. The summed E-state index contributed by atoms with van der Waals surface area (Å²) in [7, 11) is 0. The second-order valence-corrected chi connectivity index (χ2v) is 7.97. The number of benzene rings is 2. The number of carbonyl (C=O) groups is 1. The lowest BCUT2D eigenvalue weighted by Gasteiger charge is -2.37. The fourth-order valence-corrected chi connectivity index (χ4v) is 4.20. The lowest BCUT2D eigenvalue weighted by atomic mass is 10.1. The molecule has 3 nitrogen and oxygen atoms in total. The molecule has 0 radical (unpaired) electrons. The summed E-state index contributed by atoms with van der Waals surface area (Å²) in [6.07, 6.45) is 1.01. The molecule has 3 heteroatoms. The molecule has 1 saturated carbocycles. The van der Waals surface area contributed by atoms with Crippen LogP contribution < -0.4 is 4.90 Å². The summed E-state index contributed by atoms with van der Waals surface area (Å²) >= 11 is 0. The number of amides is 1.